The van der Waals surface area contributed by atoms with E-state index in [1.54, 1.807) is 0 Å². The van der Waals surface area contributed by atoms with Crippen molar-refractivity contribution in [1.29, 1.82) is 0 Å². The SMILES string of the molecule is CC(C)c1nc(C2(N)CN3CCC2CC3)no1. The summed E-state index contributed by atoms with van der Waals surface area (Å²) in [6.07, 6.45) is 2.31. The standard InChI is InChI=1S/C12H20N4O/c1-8(2)10-14-11(15-17-10)12(13)7-16-5-3-9(12)4-6-16/h8-9H,3-7,13H2,1-2H3. The van der Waals surface area contributed by atoms with E-state index in [0.29, 0.717) is 17.6 Å². The summed E-state index contributed by atoms with van der Waals surface area (Å²) in [5.41, 5.74) is 6.16. The maximum absolute atomic E-state index is 6.55. The molecule has 5 nitrogen and oxygen atoms in total. The number of piperidine rings is 3. The molecule has 1 atom stereocenters. The number of nitrogens with zero attached hydrogens (tertiary/aromatic N) is 3. The van der Waals surface area contributed by atoms with Gasteiger partial charge in [-0.05, 0) is 31.8 Å². The normalized spacial score (nSPS) is 36.7. The van der Waals surface area contributed by atoms with Gasteiger partial charge in [0.2, 0.25) is 5.89 Å². The van der Waals surface area contributed by atoms with E-state index < -0.39 is 5.54 Å². The summed E-state index contributed by atoms with van der Waals surface area (Å²) in [6.45, 7) is 7.31. The minimum absolute atomic E-state index is 0.265. The summed E-state index contributed by atoms with van der Waals surface area (Å²) in [6, 6.07) is 0. The molecule has 1 unspecified atom stereocenters. The Bertz CT molecular complexity index is 408. The second-order valence-electron chi connectivity index (χ2n) is 5.70. The highest BCUT2D eigenvalue weighted by Gasteiger charge is 2.48. The van der Waals surface area contributed by atoms with Crippen molar-refractivity contribution in [2.24, 2.45) is 11.7 Å². The van der Waals surface area contributed by atoms with Gasteiger partial charge < -0.3 is 15.2 Å². The first-order valence-corrected chi connectivity index (χ1v) is 6.45. The third kappa shape index (κ3) is 1.68. The van der Waals surface area contributed by atoms with E-state index in [1.165, 1.54) is 13.1 Å². The van der Waals surface area contributed by atoms with Crippen LogP contribution in [0.5, 0.6) is 0 Å². The highest BCUT2D eigenvalue weighted by atomic mass is 16.5. The summed E-state index contributed by atoms with van der Waals surface area (Å²) >= 11 is 0. The Morgan fingerprint density at radius 2 is 2.12 bits per heavy atom. The number of hydrogen-bond acceptors (Lipinski definition) is 5. The van der Waals surface area contributed by atoms with Gasteiger partial charge in [0, 0.05) is 12.5 Å². The van der Waals surface area contributed by atoms with Gasteiger partial charge in [0.15, 0.2) is 5.82 Å². The van der Waals surface area contributed by atoms with Crippen LogP contribution in [0, 0.1) is 5.92 Å². The number of nitrogens with two attached hydrogens (primary N) is 1. The molecule has 0 spiro atoms. The lowest BCUT2D eigenvalue weighted by Gasteiger charge is -2.49. The zero-order valence-electron chi connectivity index (χ0n) is 10.5. The first-order chi connectivity index (χ1) is 8.09. The van der Waals surface area contributed by atoms with Crippen molar-refractivity contribution in [2.45, 2.75) is 38.1 Å². The molecule has 2 N–H and O–H groups in total. The molecular formula is C12H20N4O. The quantitative estimate of drug-likeness (QED) is 0.832. The van der Waals surface area contributed by atoms with Crippen LogP contribution in [0.3, 0.4) is 0 Å². The van der Waals surface area contributed by atoms with Crippen molar-refractivity contribution >= 4 is 0 Å². The van der Waals surface area contributed by atoms with Crippen molar-refractivity contribution in [3.8, 4) is 0 Å². The van der Waals surface area contributed by atoms with E-state index in [-0.39, 0.29) is 5.92 Å². The minimum atomic E-state index is -0.396. The van der Waals surface area contributed by atoms with Crippen LogP contribution in [0.4, 0.5) is 0 Å². The molecule has 0 amide bonds. The lowest BCUT2D eigenvalue weighted by molar-refractivity contribution is 0.0207. The van der Waals surface area contributed by atoms with Crippen LogP contribution in [-0.2, 0) is 5.54 Å². The van der Waals surface area contributed by atoms with E-state index in [1.807, 2.05) is 0 Å². The van der Waals surface area contributed by atoms with E-state index in [4.69, 9.17) is 10.3 Å². The second kappa shape index (κ2) is 3.78. The average Bonchev–Trinajstić information content (AvgIpc) is 2.80. The summed E-state index contributed by atoms with van der Waals surface area (Å²) in [7, 11) is 0. The van der Waals surface area contributed by atoms with Gasteiger partial charge in [-0.15, -0.1) is 0 Å². The average molecular weight is 236 g/mol. The van der Waals surface area contributed by atoms with Crippen LogP contribution in [0.15, 0.2) is 4.52 Å². The number of fused-ring (bicyclic) bond motifs is 3. The monoisotopic (exact) mass is 236 g/mol. The molecule has 2 bridgehead atoms. The number of hydrogen-bond donors (Lipinski definition) is 1. The summed E-state index contributed by atoms with van der Waals surface area (Å²) in [5.74, 6) is 2.17. The zero-order chi connectivity index (χ0) is 12.0. The lowest BCUT2D eigenvalue weighted by atomic mass is 9.73. The van der Waals surface area contributed by atoms with Gasteiger partial charge in [-0.3, -0.25) is 0 Å². The van der Waals surface area contributed by atoms with Gasteiger partial charge >= 0.3 is 0 Å². The first kappa shape index (κ1) is 11.2. The lowest BCUT2D eigenvalue weighted by Crippen LogP contribution is -2.62. The Hall–Kier alpha value is -0.940. The van der Waals surface area contributed by atoms with E-state index in [2.05, 4.69) is 28.9 Å². The van der Waals surface area contributed by atoms with Gasteiger partial charge in [0.05, 0.1) is 5.54 Å². The Morgan fingerprint density at radius 1 is 1.41 bits per heavy atom. The largest absolute Gasteiger partial charge is 0.339 e. The molecule has 3 aliphatic heterocycles. The smallest absolute Gasteiger partial charge is 0.229 e. The molecule has 1 aromatic heterocycles. The third-order valence-electron chi connectivity index (χ3n) is 4.15. The Kier molecular flexibility index (Phi) is 2.48. The number of rotatable bonds is 2. The second-order valence-corrected chi connectivity index (χ2v) is 5.70. The van der Waals surface area contributed by atoms with Gasteiger partial charge in [-0.1, -0.05) is 19.0 Å². The fourth-order valence-corrected chi connectivity index (χ4v) is 3.02. The van der Waals surface area contributed by atoms with Crippen LogP contribution in [0.2, 0.25) is 0 Å². The molecule has 17 heavy (non-hydrogen) atoms. The van der Waals surface area contributed by atoms with Crippen LogP contribution in [0.25, 0.3) is 0 Å². The summed E-state index contributed by atoms with van der Waals surface area (Å²) in [5, 5.41) is 4.11. The maximum Gasteiger partial charge on any atom is 0.229 e. The topological polar surface area (TPSA) is 68.2 Å². The predicted octanol–water partition coefficient (Wildman–Crippen LogP) is 1.07. The molecule has 4 rings (SSSR count). The van der Waals surface area contributed by atoms with Crippen molar-refractivity contribution in [3.05, 3.63) is 11.7 Å². The van der Waals surface area contributed by atoms with Crippen molar-refractivity contribution < 1.29 is 4.52 Å². The van der Waals surface area contributed by atoms with E-state index >= 15 is 0 Å². The first-order valence-electron chi connectivity index (χ1n) is 6.45. The molecule has 0 saturated carbocycles. The highest BCUT2D eigenvalue weighted by Crippen LogP contribution is 2.39. The van der Waals surface area contributed by atoms with Gasteiger partial charge in [0.1, 0.15) is 0 Å². The molecule has 4 heterocycles. The third-order valence-corrected chi connectivity index (χ3v) is 4.15. The van der Waals surface area contributed by atoms with Crippen LogP contribution in [-0.4, -0.2) is 34.7 Å². The predicted molar refractivity (Wildman–Crippen MR) is 63.4 cm³/mol. The van der Waals surface area contributed by atoms with Crippen LogP contribution in [0.1, 0.15) is 44.3 Å². The maximum atomic E-state index is 6.55. The van der Waals surface area contributed by atoms with Gasteiger partial charge in [-0.2, -0.15) is 4.98 Å². The summed E-state index contributed by atoms with van der Waals surface area (Å²) < 4.78 is 5.29. The van der Waals surface area contributed by atoms with Crippen LogP contribution < -0.4 is 5.73 Å². The number of aromatic nitrogens is 2. The van der Waals surface area contributed by atoms with Crippen LogP contribution >= 0.6 is 0 Å². The van der Waals surface area contributed by atoms with E-state index in [9.17, 15) is 0 Å². The van der Waals surface area contributed by atoms with Gasteiger partial charge in [0.25, 0.3) is 0 Å². The Labute approximate surface area is 101 Å². The fourth-order valence-electron chi connectivity index (χ4n) is 3.02. The van der Waals surface area contributed by atoms with Crippen molar-refractivity contribution in [2.75, 3.05) is 19.6 Å². The highest BCUT2D eigenvalue weighted by molar-refractivity contribution is 5.13. The molecular weight excluding hydrogens is 216 g/mol. The zero-order valence-corrected chi connectivity index (χ0v) is 10.5. The fraction of sp³-hybridized carbons (Fsp3) is 0.833. The molecule has 1 aromatic rings. The molecule has 3 aliphatic rings. The van der Waals surface area contributed by atoms with E-state index in [0.717, 1.165) is 19.4 Å². The molecule has 94 valence electrons. The molecule has 0 aromatic carbocycles. The molecule has 5 heteroatoms. The van der Waals surface area contributed by atoms with Crippen molar-refractivity contribution in [3.63, 3.8) is 0 Å². The molecule has 3 fully saturated rings. The minimum Gasteiger partial charge on any atom is -0.339 e. The van der Waals surface area contributed by atoms with Crippen molar-refractivity contribution in [1.82, 2.24) is 15.0 Å². The molecule has 0 aliphatic carbocycles. The molecule has 3 saturated heterocycles. The molecule has 0 radical (unpaired) electrons. The Balaban J connectivity index is 1.91. The summed E-state index contributed by atoms with van der Waals surface area (Å²) in [4.78, 5) is 6.90. The van der Waals surface area contributed by atoms with Gasteiger partial charge in [-0.25, -0.2) is 0 Å². The Morgan fingerprint density at radius 3 is 2.59 bits per heavy atom.